The summed E-state index contributed by atoms with van der Waals surface area (Å²) in [6.45, 7) is 0. The molecule has 0 spiro atoms. The van der Waals surface area contributed by atoms with Crippen molar-refractivity contribution in [2.45, 2.75) is 6.18 Å². The Hall–Kier alpha value is -3.71. The van der Waals surface area contributed by atoms with Crippen LogP contribution in [0.15, 0.2) is 53.2 Å². The van der Waals surface area contributed by atoms with Crippen LogP contribution in [0.2, 0.25) is 5.02 Å². The highest BCUT2D eigenvalue weighted by Gasteiger charge is 2.41. The van der Waals surface area contributed by atoms with E-state index in [2.05, 4.69) is 10.3 Å². The molecule has 11 heteroatoms. The van der Waals surface area contributed by atoms with E-state index < -0.39 is 40.4 Å². The maximum Gasteiger partial charge on any atom is 0.434 e. The average Bonchev–Trinajstić information content (AvgIpc) is 3.31. The van der Waals surface area contributed by atoms with Crippen LogP contribution in [-0.4, -0.2) is 14.9 Å². The topological polar surface area (TPSA) is 67.6 Å². The summed E-state index contributed by atoms with van der Waals surface area (Å²) < 4.78 is 75.1. The van der Waals surface area contributed by atoms with Gasteiger partial charge in [0.25, 0.3) is 0 Å². The molecule has 5 nitrogen and oxygen atoms in total. The van der Waals surface area contributed by atoms with Crippen molar-refractivity contribution >= 4 is 11.6 Å². The first-order valence-electron chi connectivity index (χ1n) is 8.48. The Morgan fingerprint density at radius 2 is 1.84 bits per heavy atom. The van der Waals surface area contributed by atoms with E-state index in [4.69, 9.17) is 16.1 Å². The molecule has 31 heavy (non-hydrogen) atoms. The van der Waals surface area contributed by atoms with Gasteiger partial charge in [0.05, 0.1) is 28.0 Å². The van der Waals surface area contributed by atoms with Gasteiger partial charge < -0.3 is 4.52 Å². The molecule has 0 saturated carbocycles. The third-order valence-electron chi connectivity index (χ3n) is 4.34. The van der Waals surface area contributed by atoms with Gasteiger partial charge in [0.1, 0.15) is 29.0 Å². The summed E-state index contributed by atoms with van der Waals surface area (Å²) in [5.74, 6) is -2.18. The van der Waals surface area contributed by atoms with Gasteiger partial charge in [-0.25, -0.2) is 13.5 Å². The highest BCUT2D eigenvalue weighted by molar-refractivity contribution is 6.33. The molecule has 0 unspecified atom stereocenters. The molecule has 0 bridgehead atoms. The van der Waals surface area contributed by atoms with Crippen LogP contribution in [0.3, 0.4) is 0 Å². The van der Waals surface area contributed by atoms with Crippen LogP contribution in [0, 0.1) is 23.0 Å². The van der Waals surface area contributed by atoms with E-state index in [0.29, 0.717) is 4.68 Å². The second kappa shape index (κ2) is 7.52. The molecule has 0 amide bonds. The van der Waals surface area contributed by atoms with Gasteiger partial charge in [-0.05, 0) is 30.3 Å². The van der Waals surface area contributed by atoms with E-state index in [0.717, 1.165) is 24.4 Å². The lowest BCUT2D eigenvalue weighted by atomic mass is 10.0. The highest BCUT2D eigenvalue weighted by atomic mass is 35.5. The van der Waals surface area contributed by atoms with Crippen molar-refractivity contribution in [3.63, 3.8) is 0 Å². The Kier molecular flexibility index (Phi) is 4.99. The van der Waals surface area contributed by atoms with Gasteiger partial charge in [0.2, 0.25) is 0 Å². The normalized spacial score (nSPS) is 11.5. The number of hydrogen-bond donors (Lipinski definition) is 0. The fourth-order valence-electron chi connectivity index (χ4n) is 3.06. The molecular formula is C20H8ClF5N4O. The number of alkyl halides is 3. The van der Waals surface area contributed by atoms with Gasteiger partial charge in [-0.3, -0.25) is 0 Å². The van der Waals surface area contributed by atoms with Gasteiger partial charge >= 0.3 is 6.18 Å². The Bertz CT molecular complexity index is 1320. The molecule has 2 heterocycles. The molecule has 0 aliphatic carbocycles. The molecule has 4 aromatic rings. The Morgan fingerprint density at radius 3 is 2.48 bits per heavy atom. The first-order chi connectivity index (χ1) is 14.7. The van der Waals surface area contributed by atoms with Gasteiger partial charge in [-0.1, -0.05) is 28.9 Å². The molecule has 0 radical (unpaired) electrons. The standard InChI is InChI=1S/C20H8ClF5N4O/c21-14-5-2-6-15(23)16(14)17-12(8-27)18(31-29-17)13-9-28-30(19(13)20(24,25)26)11-4-1-3-10(22)7-11/h1-7,9H. The van der Waals surface area contributed by atoms with Crippen molar-refractivity contribution < 1.29 is 26.5 Å². The minimum Gasteiger partial charge on any atom is -0.354 e. The van der Waals surface area contributed by atoms with Crippen LogP contribution in [0.4, 0.5) is 22.0 Å². The molecule has 0 atom stereocenters. The maximum atomic E-state index is 14.3. The molecule has 0 aliphatic heterocycles. The van der Waals surface area contributed by atoms with Gasteiger partial charge in [0, 0.05) is 0 Å². The number of benzene rings is 2. The molecule has 0 saturated heterocycles. The summed E-state index contributed by atoms with van der Waals surface area (Å²) in [4.78, 5) is 0. The number of halogens is 6. The molecule has 0 fully saturated rings. The fraction of sp³-hybridized carbons (Fsp3) is 0.0500. The first-order valence-corrected chi connectivity index (χ1v) is 8.86. The number of hydrogen-bond acceptors (Lipinski definition) is 4. The van der Waals surface area contributed by atoms with Crippen LogP contribution >= 0.6 is 11.6 Å². The van der Waals surface area contributed by atoms with Crippen LogP contribution in [-0.2, 0) is 6.18 Å². The number of aromatic nitrogens is 3. The predicted octanol–water partition coefficient (Wildman–Crippen LogP) is 6.02. The Labute approximate surface area is 175 Å². The molecule has 4 rings (SSSR count). The van der Waals surface area contributed by atoms with Crippen molar-refractivity contribution in [3.05, 3.63) is 76.6 Å². The molecule has 2 aromatic carbocycles. The summed E-state index contributed by atoms with van der Waals surface area (Å²) in [5.41, 5.74) is -3.25. The van der Waals surface area contributed by atoms with Crippen LogP contribution < -0.4 is 0 Å². The summed E-state index contributed by atoms with van der Waals surface area (Å²) in [5, 5.41) is 16.7. The van der Waals surface area contributed by atoms with Crippen molar-refractivity contribution in [2.75, 3.05) is 0 Å². The smallest absolute Gasteiger partial charge is 0.354 e. The monoisotopic (exact) mass is 450 g/mol. The van der Waals surface area contributed by atoms with E-state index in [1.807, 2.05) is 0 Å². The van der Waals surface area contributed by atoms with Crippen molar-refractivity contribution in [3.8, 4) is 34.3 Å². The number of nitrogens with zero attached hydrogens (tertiary/aromatic N) is 4. The lowest BCUT2D eigenvalue weighted by molar-refractivity contribution is -0.142. The highest BCUT2D eigenvalue weighted by Crippen LogP contribution is 2.42. The summed E-state index contributed by atoms with van der Waals surface area (Å²) in [6, 6.07) is 9.77. The van der Waals surface area contributed by atoms with E-state index >= 15 is 0 Å². The second-order valence-corrected chi connectivity index (χ2v) is 6.65. The summed E-state index contributed by atoms with van der Waals surface area (Å²) in [6.07, 6.45) is -4.16. The SMILES string of the molecule is N#Cc1c(-c2c(F)cccc2Cl)noc1-c1cnn(-c2cccc(F)c2)c1C(F)(F)F. The van der Waals surface area contributed by atoms with E-state index in [1.165, 1.54) is 24.3 Å². The average molecular weight is 451 g/mol. The lowest BCUT2D eigenvalue weighted by Gasteiger charge is -2.12. The minimum atomic E-state index is -4.96. The number of nitriles is 1. The summed E-state index contributed by atoms with van der Waals surface area (Å²) in [7, 11) is 0. The third-order valence-corrected chi connectivity index (χ3v) is 4.65. The molecule has 156 valence electrons. The minimum absolute atomic E-state index is 0.108. The zero-order valence-electron chi connectivity index (χ0n) is 15.1. The number of rotatable bonds is 3. The lowest BCUT2D eigenvalue weighted by Crippen LogP contribution is -2.14. The maximum absolute atomic E-state index is 14.3. The van der Waals surface area contributed by atoms with Gasteiger partial charge in [-0.15, -0.1) is 0 Å². The zero-order valence-corrected chi connectivity index (χ0v) is 15.8. The largest absolute Gasteiger partial charge is 0.434 e. The Balaban J connectivity index is 1.97. The van der Waals surface area contributed by atoms with Crippen molar-refractivity contribution in [1.29, 1.82) is 5.26 Å². The van der Waals surface area contributed by atoms with E-state index in [9.17, 15) is 27.2 Å². The van der Waals surface area contributed by atoms with Crippen molar-refractivity contribution in [2.24, 2.45) is 0 Å². The molecule has 0 aliphatic rings. The van der Waals surface area contributed by atoms with Crippen LogP contribution in [0.1, 0.15) is 11.3 Å². The van der Waals surface area contributed by atoms with Crippen molar-refractivity contribution in [1.82, 2.24) is 14.9 Å². The zero-order chi connectivity index (χ0) is 22.3. The van der Waals surface area contributed by atoms with Crippen LogP contribution in [0.25, 0.3) is 28.3 Å². The second-order valence-electron chi connectivity index (χ2n) is 6.24. The fourth-order valence-corrected chi connectivity index (χ4v) is 3.32. The quantitative estimate of drug-likeness (QED) is 0.358. The van der Waals surface area contributed by atoms with E-state index in [1.54, 1.807) is 6.07 Å². The molecule has 0 N–H and O–H groups in total. The summed E-state index contributed by atoms with van der Waals surface area (Å²) >= 11 is 5.99. The predicted molar refractivity (Wildman–Crippen MR) is 99.1 cm³/mol. The van der Waals surface area contributed by atoms with E-state index in [-0.39, 0.29) is 22.0 Å². The van der Waals surface area contributed by atoms with Crippen LogP contribution in [0.5, 0.6) is 0 Å². The van der Waals surface area contributed by atoms with Gasteiger partial charge in [0.15, 0.2) is 11.5 Å². The third kappa shape index (κ3) is 3.53. The Morgan fingerprint density at radius 1 is 1.10 bits per heavy atom. The molecule has 2 aromatic heterocycles. The van der Waals surface area contributed by atoms with Gasteiger partial charge in [-0.2, -0.15) is 23.5 Å². The molecular weight excluding hydrogens is 443 g/mol. The first kappa shape index (κ1) is 20.6.